The van der Waals surface area contributed by atoms with Gasteiger partial charge < -0.3 is 10.1 Å². The Balaban J connectivity index is 1.85. The van der Waals surface area contributed by atoms with Crippen molar-refractivity contribution in [3.63, 3.8) is 0 Å². The molecule has 1 atom stereocenters. The van der Waals surface area contributed by atoms with Crippen LogP contribution in [0, 0.1) is 11.8 Å². The number of hydrogen-bond donors (Lipinski definition) is 1. The van der Waals surface area contributed by atoms with E-state index < -0.39 is 15.8 Å². The van der Waals surface area contributed by atoms with Gasteiger partial charge in [-0.25, -0.2) is 13.2 Å². The number of benzene rings is 1. The second-order valence-electron chi connectivity index (χ2n) is 6.59. The Bertz CT molecular complexity index is 694. The molecule has 1 amide bonds. The molecule has 6 nitrogen and oxygen atoms in total. The largest absolute Gasteiger partial charge is 0.462 e. The van der Waals surface area contributed by atoms with Gasteiger partial charge in [0.15, 0.2) is 9.84 Å². The fraction of sp³-hybridized carbons (Fsp3) is 0.529. The van der Waals surface area contributed by atoms with Crippen molar-refractivity contribution in [2.45, 2.75) is 26.7 Å². The summed E-state index contributed by atoms with van der Waals surface area (Å²) in [6, 6.07) is 6.46. The lowest BCUT2D eigenvalue weighted by Gasteiger charge is -2.10. The van der Waals surface area contributed by atoms with Crippen molar-refractivity contribution in [1.29, 1.82) is 0 Å². The summed E-state index contributed by atoms with van der Waals surface area (Å²) >= 11 is 0. The lowest BCUT2D eigenvalue weighted by Crippen LogP contribution is -2.17. The number of esters is 1. The molecule has 1 aromatic carbocycles. The topological polar surface area (TPSA) is 89.5 Å². The predicted octanol–water partition coefficient (Wildman–Crippen LogP) is 2.26. The Hall–Kier alpha value is -1.89. The third-order valence-electron chi connectivity index (χ3n) is 3.75. The van der Waals surface area contributed by atoms with Crippen LogP contribution in [-0.2, 0) is 19.4 Å². The molecule has 0 bridgehead atoms. The van der Waals surface area contributed by atoms with Crippen LogP contribution in [0.5, 0.6) is 0 Å². The lowest BCUT2D eigenvalue weighted by molar-refractivity contribution is -0.116. The van der Waals surface area contributed by atoms with Crippen molar-refractivity contribution in [2.24, 2.45) is 11.8 Å². The van der Waals surface area contributed by atoms with E-state index in [2.05, 4.69) is 5.32 Å². The van der Waals surface area contributed by atoms with Gasteiger partial charge >= 0.3 is 5.97 Å². The predicted molar refractivity (Wildman–Crippen MR) is 91.6 cm³/mol. The highest BCUT2D eigenvalue weighted by molar-refractivity contribution is 7.91. The van der Waals surface area contributed by atoms with Crippen LogP contribution in [0.15, 0.2) is 24.3 Å². The molecular weight excluding hydrogens is 330 g/mol. The van der Waals surface area contributed by atoms with Gasteiger partial charge in [0.25, 0.3) is 0 Å². The van der Waals surface area contributed by atoms with Gasteiger partial charge in [-0.05, 0) is 42.5 Å². The Kier molecular flexibility index (Phi) is 5.99. The maximum Gasteiger partial charge on any atom is 0.338 e. The fourth-order valence-electron chi connectivity index (χ4n) is 2.52. The summed E-state index contributed by atoms with van der Waals surface area (Å²) in [7, 11) is -2.97. The number of rotatable bonds is 6. The van der Waals surface area contributed by atoms with E-state index in [0.717, 1.165) is 0 Å². The van der Waals surface area contributed by atoms with Crippen molar-refractivity contribution in [2.75, 3.05) is 23.4 Å². The van der Waals surface area contributed by atoms with Gasteiger partial charge in [-0.3, -0.25) is 4.79 Å². The van der Waals surface area contributed by atoms with Crippen LogP contribution in [-0.4, -0.2) is 38.4 Å². The zero-order chi connectivity index (χ0) is 17.7. The average molecular weight is 353 g/mol. The smallest absolute Gasteiger partial charge is 0.338 e. The minimum Gasteiger partial charge on any atom is -0.462 e. The summed E-state index contributed by atoms with van der Waals surface area (Å²) in [5.74, 6) is -0.198. The highest BCUT2D eigenvalue weighted by atomic mass is 32.2. The first-order chi connectivity index (χ1) is 11.2. The molecule has 1 N–H and O–H groups in total. The number of carbonyl (C=O) groups is 2. The summed E-state index contributed by atoms with van der Waals surface area (Å²) in [5.41, 5.74) is 0.997. The van der Waals surface area contributed by atoms with Gasteiger partial charge in [0.05, 0.1) is 23.7 Å². The van der Waals surface area contributed by atoms with Crippen LogP contribution in [0.2, 0.25) is 0 Å². The molecule has 2 rings (SSSR count). The standard InChI is InChI=1S/C17H23NO5S/c1-12(2)10-23-17(20)14-3-5-15(6-4-14)18-16(19)9-13-7-8-24(21,22)11-13/h3-6,12-13H,7-11H2,1-2H3,(H,18,19)/t13-/m0/s1. The van der Waals surface area contributed by atoms with Gasteiger partial charge in [0, 0.05) is 12.1 Å². The third kappa shape index (κ3) is 5.63. The molecule has 7 heteroatoms. The molecule has 132 valence electrons. The first-order valence-corrected chi connectivity index (χ1v) is 9.85. The van der Waals surface area contributed by atoms with E-state index in [1.807, 2.05) is 13.8 Å². The van der Waals surface area contributed by atoms with Crippen LogP contribution < -0.4 is 5.32 Å². The van der Waals surface area contributed by atoms with Crippen molar-refractivity contribution in [3.8, 4) is 0 Å². The SMILES string of the molecule is CC(C)COC(=O)c1ccc(NC(=O)C[C@@H]2CCS(=O)(=O)C2)cc1. The van der Waals surface area contributed by atoms with E-state index in [-0.39, 0.29) is 35.7 Å². The number of hydrogen-bond acceptors (Lipinski definition) is 5. The molecule has 1 aliphatic rings. The minimum absolute atomic E-state index is 0.0844. The summed E-state index contributed by atoms with van der Waals surface area (Å²) in [5, 5.41) is 2.73. The maximum atomic E-state index is 12.0. The zero-order valence-corrected chi connectivity index (χ0v) is 14.8. The number of anilines is 1. The van der Waals surface area contributed by atoms with E-state index >= 15 is 0 Å². The van der Waals surface area contributed by atoms with Crippen LogP contribution in [0.1, 0.15) is 37.0 Å². The Morgan fingerprint density at radius 1 is 1.25 bits per heavy atom. The van der Waals surface area contributed by atoms with Gasteiger partial charge in [-0.15, -0.1) is 0 Å². The summed E-state index contributed by atoms with van der Waals surface area (Å²) in [6.45, 7) is 4.28. The number of carbonyl (C=O) groups excluding carboxylic acids is 2. The van der Waals surface area contributed by atoms with E-state index in [9.17, 15) is 18.0 Å². The van der Waals surface area contributed by atoms with Crippen LogP contribution in [0.25, 0.3) is 0 Å². The Morgan fingerprint density at radius 3 is 2.46 bits per heavy atom. The summed E-state index contributed by atoms with van der Waals surface area (Å²) in [6.07, 6.45) is 0.730. The van der Waals surface area contributed by atoms with Crippen molar-refractivity contribution in [1.82, 2.24) is 0 Å². The summed E-state index contributed by atoms with van der Waals surface area (Å²) in [4.78, 5) is 23.8. The zero-order valence-electron chi connectivity index (χ0n) is 13.9. The molecule has 1 fully saturated rings. The number of ether oxygens (including phenoxy) is 1. The molecule has 0 spiro atoms. The van der Waals surface area contributed by atoms with Gasteiger partial charge in [-0.1, -0.05) is 13.8 Å². The summed E-state index contributed by atoms with van der Waals surface area (Å²) < 4.78 is 27.9. The van der Waals surface area contributed by atoms with Crippen LogP contribution in [0.3, 0.4) is 0 Å². The monoisotopic (exact) mass is 353 g/mol. The molecule has 1 aromatic rings. The maximum absolute atomic E-state index is 12.0. The molecule has 0 aliphatic carbocycles. The molecule has 0 unspecified atom stereocenters. The van der Waals surface area contributed by atoms with E-state index in [0.29, 0.717) is 24.3 Å². The molecule has 1 heterocycles. The van der Waals surface area contributed by atoms with Crippen molar-refractivity contribution >= 4 is 27.4 Å². The molecule has 1 aliphatic heterocycles. The Labute approximate surface area is 142 Å². The molecule has 0 saturated carbocycles. The van der Waals surface area contributed by atoms with Crippen molar-refractivity contribution in [3.05, 3.63) is 29.8 Å². The molecule has 24 heavy (non-hydrogen) atoms. The number of sulfone groups is 1. The van der Waals surface area contributed by atoms with Crippen LogP contribution >= 0.6 is 0 Å². The van der Waals surface area contributed by atoms with E-state index in [1.54, 1.807) is 24.3 Å². The first-order valence-electron chi connectivity index (χ1n) is 8.02. The second kappa shape index (κ2) is 7.79. The highest BCUT2D eigenvalue weighted by Gasteiger charge is 2.29. The highest BCUT2D eigenvalue weighted by Crippen LogP contribution is 2.22. The molecular formula is C17H23NO5S. The normalized spacial score (nSPS) is 19.2. The van der Waals surface area contributed by atoms with E-state index in [1.165, 1.54) is 0 Å². The second-order valence-corrected chi connectivity index (χ2v) is 8.82. The van der Waals surface area contributed by atoms with E-state index in [4.69, 9.17) is 4.74 Å². The third-order valence-corrected chi connectivity index (χ3v) is 5.59. The molecule has 0 radical (unpaired) electrons. The van der Waals surface area contributed by atoms with Crippen molar-refractivity contribution < 1.29 is 22.7 Å². The van der Waals surface area contributed by atoms with Gasteiger partial charge in [0.1, 0.15) is 0 Å². The quantitative estimate of drug-likeness (QED) is 0.792. The lowest BCUT2D eigenvalue weighted by atomic mass is 10.0. The Morgan fingerprint density at radius 2 is 1.92 bits per heavy atom. The van der Waals surface area contributed by atoms with Gasteiger partial charge in [-0.2, -0.15) is 0 Å². The van der Waals surface area contributed by atoms with Gasteiger partial charge in [0.2, 0.25) is 5.91 Å². The number of nitrogens with one attached hydrogen (secondary N) is 1. The minimum atomic E-state index is -2.97. The fourth-order valence-corrected chi connectivity index (χ4v) is 4.38. The average Bonchev–Trinajstić information content (AvgIpc) is 2.84. The number of amides is 1. The van der Waals surface area contributed by atoms with Crippen LogP contribution in [0.4, 0.5) is 5.69 Å². The molecule has 0 aromatic heterocycles. The molecule has 1 saturated heterocycles. The first kappa shape index (κ1) is 18.4.